The molecule has 0 radical (unpaired) electrons. The van der Waals surface area contributed by atoms with Crippen LogP contribution in [-0.2, 0) is 43.3 Å². The smallest absolute Gasteiger partial charge is 0.252 e. The van der Waals surface area contributed by atoms with E-state index in [4.69, 9.17) is 15.0 Å². The Balaban J connectivity index is 1.01. The van der Waals surface area contributed by atoms with Gasteiger partial charge in [-0.25, -0.2) is 15.0 Å². The van der Waals surface area contributed by atoms with Gasteiger partial charge in [0.25, 0.3) is 6.71 Å². The summed E-state index contributed by atoms with van der Waals surface area (Å²) in [4.78, 5) is 17.7. The number of rotatable bonds is 7. The number of fused-ring (bicyclic) bond motifs is 16. The minimum atomic E-state index is -0.289. The molecule has 20 rings (SSSR count). The molecule has 0 saturated carbocycles. The average molecular weight is 1580 g/mol. The van der Waals surface area contributed by atoms with Crippen LogP contribution in [0, 0.1) is 0 Å². The van der Waals surface area contributed by atoms with Gasteiger partial charge in [0.2, 0.25) is 0 Å². The summed E-state index contributed by atoms with van der Waals surface area (Å²) in [5.74, 6) is 1.76. The van der Waals surface area contributed by atoms with Crippen molar-refractivity contribution in [3.63, 3.8) is 0 Å². The van der Waals surface area contributed by atoms with Gasteiger partial charge in [0, 0.05) is 93.3 Å². The van der Waals surface area contributed by atoms with E-state index in [1.165, 1.54) is 137 Å². The summed E-state index contributed by atoms with van der Waals surface area (Å²) < 4.78 is 10.5. The predicted molar refractivity (Wildman–Crippen MR) is 519 cm³/mol. The molecule has 7 nitrogen and oxygen atoms in total. The van der Waals surface area contributed by atoms with Gasteiger partial charge in [-0.2, -0.15) is 0 Å². The normalized spacial score (nSPS) is 13.6. The van der Waals surface area contributed by atoms with Crippen molar-refractivity contribution < 1.29 is 0 Å². The standard InChI is InChI=1S/C113H112BN7/c1-106(2,3)69-39-49-89-79(55-69)80-56-70(107(4,5)6)40-50-90(80)118(89)77-45-35-65(36-46-77)95-97(105-116-103(67-31-27-25-28-32-67)115-104(117-105)68-33-29-26-30-34-68)96(66-37-47-78(48-38-66)119-91-51-41-71(108(7,8)9)57-81(91)82-58-72(109(10,11)12)42-52-92(82)119)102-98-101(95)120-93-53-43-73(110(13,14)15)59-83(93)85-61-75(112(19,20)21)63-87(99(85)120)114(98)88-64-76(113(22,23)24)62-86-84-60-74(111(16,17)18)44-54-94(84)121(102)100(86)88/h25-64H,1-24H3. The lowest BCUT2D eigenvalue weighted by Gasteiger charge is -2.39. The third kappa shape index (κ3) is 12.3. The number of hydrogen-bond acceptors (Lipinski definition) is 3. The van der Waals surface area contributed by atoms with Crippen LogP contribution in [0.25, 0.3) is 166 Å². The number of nitrogens with zero attached hydrogens (tertiary/aromatic N) is 7. The Morgan fingerprint density at radius 1 is 0.215 bits per heavy atom. The summed E-state index contributed by atoms with van der Waals surface area (Å²) in [6, 6.07) is 94.4. The van der Waals surface area contributed by atoms with Gasteiger partial charge in [-0.05, 0) is 225 Å². The summed E-state index contributed by atoms with van der Waals surface area (Å²) in [7, 11) is 0. The molecule has 0 aliphatic carbocycles. The van der Waals surface area contributed by atoms with Crippen molar-refractivity contribution in [2.45, 2.75) is 209 Å². The fraction of sp³-hybridized carbons (Fsp3) is 0.283. The molecular formula is C113H112BN7. The van der Waals surface area contributed by atoms with Crippen LogP contribution in [0.5, 0.6) is 0 Å². The van der Waals surface area contributed by atoms with E-state index >= 15 is 0 Å². The lowest BCUT2D eigenvalue weighted by molar-refractivity contribution is 0.590. The first kappa shape index (κ1) is 77.7. The average Bonchev–Trinajstić information content (AvgIpc) is 1.56. The SMILES string of the molecule is CC(C)(C)c1ccc2c(c1)c1cc(C(C)(C)C)ccc1n2-c1ccc(-c2c(-c3nc(-c4ccccc4)nc(-c4ccccc4)n3)c(-c3ccc(-n4c5ccc(C(C)(C)C)cc5c5cc(C(C)(C)C)ccc54)cc3)c3c4c2-n2c5ccc(C(C)(C)C)cc5c5cc(C(C)(C)C)cc(c52)B4c2cc(C(C)(C)C)cc4c5cc(C(C)(C)C)ccc5n-3c24)cc1. The Hall–Kier alpha value is -11.9. The molecule has 121 heavy (non-hydrogen) atoms. The maximum Gasteiger partial charge on any atom is 0.252 e. The van der Waals surface area contributed by atoms with Crippen molar-refractivity contribution in [3.05, 3.63) is 287 Å². The van der Waals surface area contributed by atoms with Crippen LogP contribution >= 0.6 is 0 Å². The van der Waals surface area contributed by atoms with Crippen molar-refractivity contribution >= 4 is 110 Å². The van der Waals surface area contributed by atoms with E-state index < -0.39 is 0 Å². The first-order chi connectivity index (χ1) is 57.1. The van der Waals surface area contributed by atoms with Gasteiger partial charge in [0.05, 0.1) is 44.5 Å². The molecule has 0 amide bonds. The van der Waals surface area contributed by atoms with Gasteiger partial charge in [0.1, 0.15) is 0 Å². The highest BCUT2D eigenvalue weighted by Gasteiger charge is 2.47. The predicted octanol–water partition coefficient (Wildman–Crippen LogP) is 28.1. The molecule has 13 aromatic carbocycles. The summed E-state index contributed by atoms with van der Waals surface area (Å²) in [6.45, 7) is 56.2. The van der Waals surface area contributed by atoms with Crippen LogP contribution in [0.15, 0.2) is 243 Å². The quantitative estimate of drug-likeness (QED) is 0.149. The second kappa shape index (κ2) is 26.3. The monoisotopic (exact) mass is 1580 g/mol. The van der Waals surface area contributed by atoms with Gasteiger partial charge in [-0.3, -0.25) is 0 Å². The Morgan fingerprint density at radius 2 is 0.463 bits per heavy atom. The summed E-state index contributed by atoms with van der Waals surface area (Å²) in [6.07, 6.45) is 0. The molecular weight excluding hydrogens is 1470 g/mol. The molecule has 0 fully saturated rings. The molecule has 0 saturated heterocycles. The van der Waals surface area contributed by atoms with E-state index in [1.54, 1.807) is 0 Å². The molecule has 2 aliphatic heterocycles. The highest BCUT2D eigenvalue weighted by atomic mass is 15.1. The van der Waals surface area contributed by atoms with Crippen molar-refractivity contribution in [2.24, 2.45) is 0 Å². The number of hydrogen-bond donors (Lipinski definition) is 0. The molecule has 0 atom stereocenters. The van der Waals surface area contributed by atoms with E-state index in [2.05, 4.69) is 427 Å². The maximum atomic E-state index is 6.08. The molecule has 18 aromatic rings. The summed E-state index contributed by atoms with van der Waals surface area (Å²) in [5, 5.41) is 10.00. The Bertz CT molecular complexity index is 6820. The minimum Gasteiger partial charge on any atom is -0.310 e. The highest BCUT2D eigenvalue weighted by Crippen LogP contribution is 2.54. The zero-order valence-electron chi connectivity index (χ0n) is 75.3. The Kier molecular flexibility index (Phi) is 16.9. The van der Waals surface area contributed by atoms with Crippen molar-refractivity contribution in [3.8, 4) is 79.2 Å². The van der Waals surface area contributed by atoms with Gasteiger partial charge < -0.3 is 18.3 Å². The molecule has 2 aliphatic rings. The third-order valence-corrected chi connectivity index (χ3v) is 26.8. The molecule has 0 spiro atoms. The first-order valence-electron chi connectivity index (χ1n) is 43.8. The fourth-order valence-electron chi connectivity index (χ4n) is 19.8. The zero-order valence-corrected chi connectivity index (χ0v) is 75.3. The van der Waals surface area contributed by atoms with E-state index in [0.29, 0.717) is 17.5 Å². The molecule has 8 heteroatoms. The first-order valence-corrected chi connectivity index (χ1v) is 43.8. The van der Waals surface area contributed by atoms with E-state index in [-0.39, 0.29) is 50.0 Å². The Morgan fingerprint density at radius 3 is 0.736 bits per heavy atom. The van der Waals surface area contributed by atoms with Crippen molar-refractivity contribution in [2.75, 3.05) is 0 Å². The van der Waals surface area contributed by atoms with Crippen molar-refractivity contribution in [1.82, 2.24) is 33.2 Å². The molecule has 5 aromatic heterocycles. The third-order valence-electron chi connectivity index (χ3n) is 26.8. The van der Waals surface area contributed by atoms with E-state index in [1.807, 2.05) is 0 Å². The second-order valence-corrected chi connectivity index (χ2v) is 43.5. The molecule has 0 bridgehead atoms. The van der Waals surface area contributed by atoms with Gasteiger partial charge >= 0.3 is 0 Å². The van der Waals surface area contributed by atoms with Crippen LogP contribution in [-0.4, -0.2) is 39.9 Å². The second-order valence-electron chi connectivity index (χ2n) is 43.5. The summed E-state index contributed by atoms with van der Waals surface area (Å²) >= 11 is 0. The van der Waals surface area contributed by atoms with E-state index in [0.717, 1.165) is 72.7 Å². The van der Waals surface area contributed by atoms with E-state index in [9.17, 15) is 0 Å². The lowest BCUT2D eigenvalue weighted by atomic mass is 9.33. The van der Waals surface area contributed by atoms with Crippen LogP contribution in [0.1, 0.15) is 211 Å². The molecule has 7 heterocycles. The van der Waals surface area contributed by atoms with Crippen LogP contribution in [0.4, 0.5) is 0 Å². The number of benzene rings is 13. The zero-order chi connectivity index (χ0) is 85.0. The topological polar surface area (TPSA) is 58.4 Å². The fourth-order valence-corrected chi connectivity index (χ4v) is 19.8. The minimum absolute atomic E-state index is 0.0606. The molecule has 0 unspecified atom stereocenters. The molecule has 0 N–H and O–H groups in total. The highest BCUT2D eigenvalue weighted by molar-refractivity contribution is 7.00. The van der Waals surface area contributed by atoms with Crippen LogP contribution in [0.2, 0.25) is 0 Å². The lowest BCUT2D eigenvalue weighted by Crippen LogP contribution is -2.60. The number of aromatic nitrogens is 7. The molecule has 602 valence electrons. The maximum absolute atomic E-state index is 6.08. The largest absolute Gasteiger partial charge is 0.310 e. The van der Waals surface area contributed by atoms with Gasteiger partial charge in [-0.1, -0.05) is 300 Å². The van der Waals surface area contributed by atoms with Gasteiger partial charge in [0.15, 0.2) is 17.5 Å². The van der Waals surface area contributed by atoms with Gasteiger partial charge in [-0.15, -0.1) is 0 Å². The Labute approximate surface area is 714 Å². The summed E-state index contributed by atoms with van der Waals surface area (Å²) in [5.41, 5.74) is 34.0. The van der Waals surface area contributed by atoms with Crippen LogP contribution in [0.3, 0.4) is 0 Å². The van der Waals surface area contributed by atoms with Crippen LogP contribution < -0.4 is 16.4 Å². The van der Waals surface area contributed by atoms with Crippen molar-refractivity contribution in [1.29, 1.82) is 0 Å².